The van der Waals surface area contributed by atoms with Crippen molar-refractivity contribution in [3.05, 3.63) is 23.8 Å². The molecule has 0 aromatic heterocycles. The van der Waals surface area contributed by atoms with Crippen molar-refractivity contribution in [2.75, 3.05) is 26.1 Å². The summed E-state index contributed by atoms with van der Waals surface area (Å²) in [6.45, 7) is 11.9. The summed E-state index contributed by atoms with van der Waals surface area (Å²) >= 11 is 0. The number of aliphatic hydroxyl groups is 4. The Bertz CT molecular complexity index is 514. The van der Waals surface area contributed by atoms with Crippen LogP contribution in [0.25, 0.3) is 0 Å². The number of ether oxygens (including phenoxy) is 3. The predicted molar refractivity (Wildman–Crippen MR) is 115 cm³/mol. The summed E-state index contributed by atoms with van der Waals surface area (Å²) in [6, 6.07) is 5.30. The summed E-state index contributed by atoms with van der Waals surface area (Å²) in [4.78, 5) is 0. The van der Waals surface area contributed by atoms with Crippen LogP contribution in [-0.4, -0.2) is 71.9 Å². The van der Waals surface area contributed by atoms with Gasteiger partial charge in [-0.15, -0.1) is 0 Å². The summed E-state index contributed by atoms with van der Waals surface area (Å²) in [6.07, 6.45) is -6.56. The van der Waals surface area contributed by atoms with Gasteiger partial charge in [0.05, 0.1) is 18.9 Å². The summed E-state index contributed by atoms with van der Waals surface area (Å²) in [7, 11) is 3.31. The number of hydrogen-bond donors (Lipinski definition) is 5. The first kappa shape index (κ1) is 29.8. The van der Waals surface area contributed by atoms with Crippen LogP contribution in [0.3, 0.4) is 0 Å². The molecule has 8 nitrogen and oxygen atoms in total. The van der Waals surface area contributed by atoms with E-state index in [2.05, 4.69) is 5.32 Å². The van der Waals surface area contributed by atoms with E-state index >= 15 is 0 Å². The third-order valence-electron chi connectivity index (χ3n) is 3.72. The minimum Gasteiger partial charge on any atom is -0.460 e. The third-order valence-corrected chi connectivity index (χ3v) is 3.72. The van der Waals surface area contributed by atoms with E-state index < -0.39 is 37.3 Å². The van der Waals surface area contributed by atoms with Crippen molar-refractivity contribution in [1.82, 2.24) is 0 Å². The standard InChI is InChI=1S/C15H23NO7.3C2H6/c1-16-9-5-8(7-21-2)3-4-10(9)22-15-14(20)13(19)12(18)11(6-17)23-15;3*1-2/h3-5,11-20H,6-7H2,1-2H3;3*1-2H3. The Labute approximate surface area is 175 Å². The highest BCUT2D eigenvalue weighted by molar-refractivity contribution is 5.57. The van der Waals surface area contributed by atoms with E-state index in [9.17, 15) is 20.4 Å². The van der Waals surface area contributed by atoms with Crippen LogP contribution in [0.2, 0.25) is 0 Å². The molecule has 0 saturated carbocycles. The molecule has 0 amide bonds. The van der Waals surface area contributed by atoms with E-state index in [1.165, 1.54) is 0 Å². The molecule has 172 valence electrons. The van der Waals surface area contributed by atoms with Gasteiger partial charge >= 0.3 is 0 Å². The Kier molecular flexibility index (Phi) is 17.9. The van der Waals surface area contributed by atoms with Crippen molar-refractivity contribution < 1.29 is 34.6 Å². The zero-order valence-electron chi connectivity index (χ0n) is 19.0. The van der Waals surface area contributed by atoms with Gasteiger partial charge in [0.1, 0.15) is 30.2 Å². The van der Waals surface area contributed by atoms with E-state index in [0.29, 0.717) is 18.0 Å². The first-order chi connectivity index (χ1) is 14.0. The topological polar surface area (TPSA) is 121 Å². The van der Waals surface area contributed by atoms with Crippen LogP contribution in [0.4, 0.5) is 5.69 Å². The molecule has 0 radical (unpaired) electrons. The smallest absolute Gasteiger partial charge is 0.229 e. The molecule has 1 heterocycles. The molecular weight excluding hydrogens is 378 g/mol. The first-order valence-electron chi connectivity index (χ1n) is 10.3. The number of hydrogen-bond acceptors (Lipinski definition) is 8. The molecule has 0 spiro atoms. The molecule has 1 saturated heterocycles. The molecule has 0 aliphatic carbocycles. The van der Waals surface area contributed by atoms with Crippen LogP contribution in [-0.2, 0) is 16.1 Å². The van der Waals surface area contributed by atoms with Crippen molar-refractivity contribution in [1.29, 1.82) is 0 Å². The molecule has 1 aromatic carbocycles. The van der Waals surface area contributed by atoms with E-state index in [4.69, 9.17) is 14.2 Å². The van der Waals surface area contributed by atoms with Crippen molar-refractivity contribution >= 4 is 5.69 Å². The zero-order valence-corrected chi connectivity index (χ0v) is 19.0. The fourth-order valence-electron chi connectivity index (χ4n) is 2.42. The fraction of sp³-hybridized carbons (Fsp3) is 0.714. The Morgan fingerprint density at radius 1 is 0.966 bits per heavy atom. The molecule has 5 N–H and O–H groups in total. The molecule has 1 fully saturated rings. The maximum absolute atomic E-state index is 10.0. The average Bonchev–Trinajstić information content (AvgIpc) is 2.79. The summed E-state index contributed by atoms with van der Waals surface area (Å²) in [5.74, 6) is 0.400. The van der Waals surface area contributed by atoms with Gasteiger partial charge in [0.2, 0.25) is 6.29 Å². The highest BCUT2D eigenvalue weighted by atomic mass is 16.7. The highest BCUT2D eigenvalue weighted by Gasteiger charge is 2.44. The van der Waals surface area contributed by atoms with Crippen molar-refractivity contribution in [3.63, 3.8) is 0 Å². The van der Waals surface area contributed by atoms with E-state index in [-0.39, 0.29) is 0 Å². The number of nitrogens with one attached hydrogen (secondary N) is 1. The second-order valence-corrected chi connectivity index (χ2v) is 5.33. The molecule has 8 heteroatoms. The lowest BCUT2D eigenvalue weighted by atomic mass is 9.99. The summed E-state index contributed by atoms with van der Waals surface area (Å²) in [5.41, 5.74) is 1.58. The number of anilines is 1. The Hall–Kier alpha value is -1.42. The van der Waals surface area contributed by atoms with Gasteiger partial charge in [-0.25, -0.2) is 0 Å². The summed E-state index contributed by atoms with van der Waals surface area (Å²) in [5, 5.41) is 41.7. The average molecular weight is 420 g/mol. The molecular formula is C21H41NO7. The van der Waals surface area contributed by atoms with Gasteiger partial charge in [-0.05, 0) is 17.7 Å². The van der Waals surface area contributed by atoms with Gasteiger partial charge < -0.3 is 40.0 Å². The van der Waals surface area contributed by atoms with Gasteiger partial charge in [0, 0.05) is 14.2 Å². The molecule has 1 aliphatic rings. The lowest BCUT2D eigenvalue weighted by Crippen LogP contribution is -2.60. The van der Waals surface area contributed by atoms with Crippen molar-refractivity contribution in [2.24, 2.45) is 0 Å². The molecule has 2 rings (SSSR count). The number of aliphatic hydroxyl groups excluding tert-OH is 4. The number of methoxy groups -OCH3 is 1. The number of benzene rings is 1. The normalized spacial score (nSPS) is 25.2. The maximum atomic E-state index is 10.0. The zero-order chi connectivity index (χ0) is 23.0. The second-order valence-electron chi connectivity index (χ2n) is 5.33. The Balaban J connectivity index is 0. The van der Waals surface area contributed by atoms with E-state index in [0.717, 1.165) is 5.56 Å². The van der Waals surface area contributed by atoms with Gasteiger partial charge in [-0.3, -0.25) is 0 Å². The minimum absolute atomic E-state index is 0.400. The van der Waals surface area contributed by atoms with Gasteiger partial charge in [-0.2, -0.15) is 0 Å². The molecule has 5 atom stereocenters. The minimum atomic E-state index is -1.48. The van der Waals surface area contributed by atoms with Gasteiger partial charge in [0.15, 0.2) is 0 Å². The Morgan fingerprint density at radius 2 is 1.55 bits per heavy atom. The van der Waals surface area contributed by atoms with Crippen LogP contribution < -0.4 is 10.1 Å². The van der Waals surface area contributed by atoms with Crippen LogP contribution in [0.1, 0.15) is 47.1 Å². The van der Waals surface area contributed by atoms with E-state index in [1.54, 1.807) is 26.3 Å². The fourth-order valence-corrected chi connectivity index (χ4v) is 2.42. The monoisotopic (exact) mass is 419 g/mol. The molecule has 0 bridgehead atoms. The lowest BCUT2D eigenvalue weighted by molar-refractivity contribution is -0.277. The molecule has 1 aliphatic heterocycles. The van der Waals surface area contributed by atoms with Gasteiger partial charge in [0.25, 0.3) is 0 Å². The molecule has 29 heavy (non-hydrogen) atoms. The quantitative estimate of drug-likeness (QED) is 0.476. The van der Waals surface area contributed by atoms with Crippen LogP contribution in [0, 0.1) is 0 Å². The van der Waals surface area contributed by atoms with Crippen LogP contribution in [0.5, 0.6) is 5.75 Å². The third kappa shape index (κ3) is 8.86. The first-order valence-corrected chi connectivity index (χ1v) is 10.3. The number of rotatable bonds is 6. The second kappa shape index (κ2) is 17.4. The van der Waals surface area contributed by atoms with Gasteiger partial charge in [-0.1, -0.05) is 47.6 Å². The summed E-state index contributed by atoms with van der Waals surface area (Å²) < 4.78 is 16.0. The van der Waals surface area contributed by atoms with Crippen molar-refractivity contribution in [2.45, 2.75) is 78.9 Å². The largest absolute Gasteiger partial charge is 0.460 e. The maximum Gasteiger partial charge on any atom is 0.229 e. The highest BCUT2D eigenvalue weighted by Crippen LogP contribution is 2.30. The SMILES string of the molecule is CC.CC.CC.CNc1cc(COC)ccc1OC1OC(CO)C(O)C(O)C1O. The van der Waals surface area contributed by atoms with Crippen molar-refractivity contribution in [3.8, 4) is 5.75 Å². The van der Waals surface area contributed by atoms with Crippen LogP contribution in [0.15, 0.2) is 18.2 Å². The lowest BCUT2D eigenvalue weighted by Gasteiger charge is -2.39. The van der Waals surface area contributed by atoms with Crippen LogP contribution >= 0.6 is 0 Å². The molecule has 1 aromatic rings. The Morgan fingerprint density at radius 3 is 2.03 bits per heavy atom. The predicted octanol–water partition coefficient (Wildman–Crippen LogP) is 2.13. The molecule has 5 unspecified atom stereocenters. The van der Waals surface area contributed by atoms with E-state index in [1.807, 2.05) is 47.6 Å².